The quantitative estimate of drug-likeness (QED) is 0.163. The van der Waals surface area contributed by atoms with Crippen molar-refractivity contribution in [2.24, 2.45) is 28.2 Å². The van der Waals surface area contributed by atoms with Crippen molar-refractivity contribution in [3.05, 3.63) is 299 Å². The second-order valence-electron chi connectivity index (χ2n) is 27.2. The van der Waals surface area contributed by atoms with Gasteiger partial charge in [0.2, 0.25) is 45.4 Å². The SMILES string of the molecule is Cc1ccccc1-c1ccc2oc3cc4ccccc4cc3c2[n+]1C.[2H]C([2H])([2H])c1ccc(-c2ccc3oc4ccc5ccccc5c4c3[n+]2C)c(C)c1.[2H]C([2H])([2H])c1ccc(-c2ccc3oc4nc5cc(C)ccc5cc4c3[n+]2C)c(C)c1.[2H]C([2H])([2H])c1ccc(-c2ccc3oc4nc5ccccc5cc4c3[n+]2C)c(C)c1. The minimum atomic E-state index is -2.11. The molecule has 0 aliphatic carbocycles. The maximum absolute atomic E-state index is 7.66. The lowest BCUT2D eigenvalue weighted by Crippen LogP contribution is -2.31. The number of furan rings is 4. The Hall–Kier alpha value is -12.7. The number of hydrogen-bond donors (Lipinski definition) is 0. The lowest BCUT2D eigenvalue weighted by atomic mass is 10.0. The van der Waals surface area contributed by atoms with Gasteiger partial charge in [-0.05, 0) is 196 Å². The molecule has 10 aromatic heterocycles. The van der Waals surface area contributed by atoms with Crippen molar-refractivity contribution >= 4 is 132 Å². The van der Waals surface area contributed by atoms with Crippen molar-refractivity contribution < 1.29 is 48.3 Å². The van der Waals surface area contributed by atoms with Gasteiger partial charge in [-0.3, -0.25) is 0 Å². The topological polar surface area (TPSA) is 93.9 Å². The van der Waals surface area contributed by atoms with Gasteiger partial charge in [0.1, 0.15) is 55.5 Å². The normalized spacial score (nSPS) is 13.3. The van der Waals surface area contributed by atoms with Gasteiger partial charge in [0, 0.05) is 69.6 Å². The van der Waals surface area contributed by atoms with Crippen molar-refractivity contribution in [1.82, 2.24) is 9.97 Å². The second-order valence-corrected chi connectivity index (χ2v) is 27.2. The molecule has 0 saturated heterocycles. The monoisotopic (exact) mass is 1360 g/mol. The lowest BCUT2D eigenvalue weighted by Gasteiger charge is -2.06. The van der Waals surface area contributed by atoms with Crippen LogP contribution in [-0.2, 0) is 28.2 Å². The minimum Gasteiger partial charge on any atom is -0.449 e. The summed E-state index contributed by atoms with van der Waals surface area (Å²) in [6, 6.07) is 84.3. The van der Waals surface area contributed by atoms with Crippen LogP contribution in [0.2, 0.25) is 0 Å². The van der Waals surface area contributed by atoms with Crippen molar-refractivity contribution in [3.8, 4) is 45.0 Å². The van der Waals surface area contributed by atoms with E-state index in [9.17, 15) is 0 Å². The van der Waals surface area contributed by atoms with Gasteiger partial charge in [-0.1, -0.05) is 156 Å². The van der Waals surface area contributed by atoms with Gasteiger partial charge in [-0.25, -0.2) is 9.97 Å². The van der Waals surface area contributed by atoms with Crippen LogP contribution in [0.25, 0.3) is 177 Å². The Morgan fingerprint density at radius 3 is 1.21 bits per heavy atom. The molecule has 0 saturated carbocycles. The Morgan fingerprint density at radius 1 is 0.269 bits per heavy atom. The average Bonchev–Trinajstić information content (AvgIpc) is 1.62. The highest BCUT2D eigenvalue weighted by atomic mass is 16.3. The third-order valence-corrected chi connectivity index (χ3v) is 20.4. The molecule has 104 heavy (non-hydrogen) atoms. The number of aromatic nitrogens is 6. The first-order valence-corrected chi connectivity index (χ1v) is 34.7. The number of para-hydroxylation sites is 1. The molecule has 0 amide bonds. The maximum Gasteiger partial charge on any atom is 0.261 e. The molecule has 0 radical (unpaired) electrons. The molecule has 10 heterocycles. The summed E-state index contributed by atoms with van der Waals surface area (Å²) in [5.74, 6) is 0. The molecule has 10 nitrogen and oxygen atoms in total. The summed E-state index contributed by atoms with van der Waals surface area (Å²) < 4.78 is 102. The Morgan fingerprint density at radius 2 is 0.663 bits per heavy atom. The Kier molecular flexibility index (Phi) is 13.6. The molecular formula is C94H78N6O4+4. The fourth-order valence-corrected chi connectivity index (χ4v) is 15.2. The van der Waals surface area contributed by atoms with Crippen LogP contribution >= 0.6 is 0 Å². The fourth-order valence-electron chi connectivity index (χ4n) is 15.2. The molecule has 20 aromatic rings. The number of nitrogens with zero attached hydrogens (tertiary/aromatic N) is 6. The van der Waals surface area contributed by atoms with Crippen LogP contribution in [0, 0.1) is 55.2 Å². The molecule has 0 spiro atoms. The Bertz CT molecular complexity index is 7280. The first-order valence-electron chi connectivity index (χ1n) is 39.2. The van der Waals surface area contributed by atoms with Crippen molar-refractivity contribution in [2.75, 3.05) is 0 Å². The number of pyridine rings is 6. The molecular weight excluding hydrogens is 1280 g/mol. The number of fused-ring (bicyclic) bond motifs is 17. The molecule has 0 unspecified atom stereocenters. The van der Waals surface area contributed by atoms with E-state index in [1.54, 1.807) is 36.4 Å². The predicted octanol–water partition coefficient (Wildman–Crippen LogP) is 22.2. The smallest absolute Gasteiger partial charge is 0.261 e. The van der Waals surface area contributed by atoms with Gasteiger partial charge in [0.05, 0.1) is 16.4 Å². The van der Waals surface area contributed by atoms with Crippen LogP contribution in [0.4, 0.5) is 0 Å². The zero-order chi connectivity index (χ0) is 78.8. The standard InChI is InChI=1S/C24H21N2O.C24H20NO.C23H19N2O.C23H18NO/c1-14-6-8-18(16(3)11-14)21-9-10-22-23(26(21)4)19-13-17-7-5-15(2)12-20(17)25-24(19)27-22;1-15-8-10-18(16(2)14-15)20-11-13-22-24(25(20)3)23-19-7-5-4-6-17(19)9-12-21(23)26-22;1-14-8-9-17(15(2)12-14)20-10-11-21-22(25(20)3)18-13-16-6-4-5-7-19(16)24-23(18)26-21;1-15-7-3-6-10-18(15)20-11-12-21-23(24(20)2)19-13-16-8-4-5-9-17(16)14-22(19)25-21/h5-13H,1-4H3;4-14H,1-3H3;4-13H,1-3H3;3-14H,1-2H3/q4*+1/i3*1D3;. The van der Waals surface area contributed by atoms with Gasteiger partial charge in [-0.2, -0.15) is 18.3 Å². The summed E-state index contributed by atoms with van der Waals surface area (Å²) in [7, 11) is 8.15. The molecule has 0 aliphatic heterocycles. The zero-order valence-electron chi connectivity index (χ0n) is 68.1. The summed E-state index contributed by atoms with van der Waals surface area (Å²) in [5.41, 5.74) is 27.0. The third kappa shape index (κ3) is 11.3. The fraction of sp³-hybridized carbons (Fsp3) is 0.128. The molecule has 504 valence electrons. The summed E-state index contributed by atoms with van der Waals surface area (Å²) in [4.78, 5) is 9.41. The van der Waals surface area contributed by atoms with E-state index in [0.717, 1.165) is 160 Å². The molecule has 10 heteroatoms. The van der Waals surface area contributed by atoms with E-state index in [-0.39, 0.29) is 0 Å². The second kappa shape index (κ2) is 25.7. The minimum absolute atomic E-state index is 0.354. The van der Waals surface area contributed by atoms with Crippen LogP contribution in [0.15, 0.2) is 272 Å². The maximum atomic E-state index is 7.66. The molecule has 0 bridgehead atoms. The predicted molar refractivity (Wildman–Crippen MR) is 425 cm³/mol. The molecule has 0 fully saturated rings. The first kappa shape index (κ1) is 55.1. The lowest BCUT2D eigenvalue weighted by molar-refractivity contribution is -0.633. The number of benzene rings is 10. The van der Waals surface area contributed by atoms with E-state index >= 15 is 0 Å². The number of rotatable bonds is 4. The Balaban J connectivity index is 0.000000109. The van der Waals surface area contributed by atoms with E-state index < -0.39 is 20.6 Å². The van der Waals surface area contributed by atoms with Crippen LogP contribution in [0.1, 0.15) is 56.8 Å². The largest absolute Gasteiger partial charge is 0.449 e. The molecule has 10 aromatic carbocycles. The van der Waals surface area contributed by atoms with E-state index in [0.29, 0.717) is 28.1 Å². The van der Waals surface area contributed by atoms with Gasteiger partial charge in [-0.15, -0.1) is 0 Å². The molecule has 0 N–H and O–H groups in total. The molecule has 0 atom stereocenters. The van der Waals surface area contributed by atoms with Crippen molar-refractivity contribution in [3.63, 3.8) is 0 Å². The molecule has 0 aliphatic rings. The Labute approximate surface area is 614 Å². The van der Waals surface area contributed by atoms with Crippen LogP contribution in [0.5, 0.6) is 0 Å². The van der Waals surface area contributed by atoms with Gasteiger partial charge >= 0.3 is 0 Å². The summed E-state index contributed by atoms with van der Waals surface area (Å²) in [6.07, 6.45) is 0. The number of aryl methyl sites for hydroxylation is 12. The van der Waals surface area contributed by atoms with E-state index in [1.165, 1.54) is 33.0 Å². The number of hydrogen-bond acceptors (Lipinski definition) is 6. The van der Waals surface area contributed by atoms with Gasteiger partial charge < -0.3 is 17.7 Å². The van der Waals surface area contributed by atoms with Crippen molar-refractivity contribution in [1.29, 1.82) is 0 Å². The summed E-state index contributed by atoms with van der Waals surface area (Å²) in [6.45, 7) is 3.73. The van der Waals surface area contributed by atoms with Crippen LogP contribution in [-0.4, -0.2) is 9.97 Å². The third-order valence-electron chi connectivity index (χ3n) is 20.4. The van der Waals surface area contributed by atoms with E-state index in [4.69, 9.17) is 35.0 Å². The van der Waals surface area contributed by atoms with Gasteiger partial charge in [0.25, 0.3) is 22.1 Å². The molecule has 20 rings (SSSR count). The average molecular weight is 1360 g/mol. The summed E-state index contributed by atoms with van der Waals surface area (Å²) in [5, 5.41) is 11.1. The zero-order valence-corrected chi connectivity index (χ0v) is 59.1. The van der Waals surface area contributed by atoms with E-state index in [2.05, 4.69) is 165 Å². The van der Waals surface area contributed by atoms with E-state index in [1.807, 2.05) is 139 Å². The van der Waals surface area contributed by atoms with Gasteiger partial charge in [0.15, 0.2) is 11.2 Å². The highest BCUT2D eigenvalue weighted by Crippen LogP contribution is 2.38. The highest BCUT2D eigenvalue weighted by Gasteiger charge is 2.28. The van der Waals surface area contributed by atoms with Crippen LogP contribution in [0.3, 0.4) is 0 Å². The van der Waals surface area contributed by atoms with Crippen LogP contribution < -0.4 is 18.3 Å². The summed E-state index contributed by atoms with van der Waals surface area (Å²) >= 11 is 0. The van der Waals surface area contributed by atoms with Crippen molar-refractivity contribution in [2.45, 2.75) is 55.2 Å². The first-order chi connectivity index (χ1) is 54.1. The highest BCUT2D eigenvalue weighted by molar-refractivity contribution is 6.16.